The molecule has 29 heavy (non-hydrogen) atoms. The number of rotatable bonds is 8. The van der Waals surface area contributed by atoms with Gasteiger partial charge in [-0.05, 0) is 24.3 Å². The van der Waals surface area contributed by atoms with Crippen molar-refractivity contribution in [2.24, 2.45) is 11.8 Å². The molecule has 10 heteroatoms. The van der Waals surface area contributed by atoms with E-state index in [-0.39, 0.29) is 11.5 Å². The number of esters is 3. The number of carbonyl (C=O) groups is 5. The van der Waals surface area contributed by atoms with E-state index in [0.29, 0.717) is 5.69 Å². The van der Waals surface area contributed by atoms with Gasteiger partial charge in [0.15, 0.2) is 5.92 Å². The Hall–Kier alpha value is -3.43. The Morgan fingerprint density at radius 3 is 1.72 bits per heavy atom. The van der Waals surface area contributed by atoms with Gasteiger partial charge in [-0.25, -0.2) is 4.79 Å². The van der Waals surface area contributed by atoms with E-state index in [1.165, 1.54) is 38.1 Å². The molecule has 0 radical (unpaired) electrons. The summed E-state index contributed by atoms with van der Waals surface area (Å²) in [7, 11) is 3.29. The standard InChI is InChI=1S/C19H24N2O8/c1-10(14(17(24)27-3)18(25)28-4)15(19(26)29-5)21-16(23)12-6-8-13(9-7-12)20-11(2)22/h6-10,14-15H,1-5H3,(H,20,22)(H,21,23)/t10-,15+/m0/s1. The third-order valence-corrected chi connectivity index (χ3v) is 4.17. The summed E-state index contributed by atoms with van der Waals surface area (Å²) in [6.07, 6.45) is 0. The molecule has 1 rings (SSSR count). The fraction of sp³-hybridized carbons (Fsp3) is 0.421. The molecule has 2 N–H and O–H groups in total. The molecule has 0 saturated heterocycles. The summed E-state index contributed by atoms with van der Waals surface area (Å²) in [5, 5.41) is 5.03. The van der Waals surface area contributed by atoms with E-state index in [1.807, 2.05) is 0 Å². The molecule has 0 fully saturated rings. The van der Waals surface area contributed by atoms with Gasteiger partial charge in [0.25, 0.3) is 5.91 Å². The van der Waals surface area contributed by atoms with E-state index in [1.54, 1.807) is 0 Å². The molecule has 0 aromatic heterocycles. The molecule has 158 valence electrons. The maximum Gasteiger partial charge on any atom is 0.328 e. The van der Waals surface area contributed by atoms with Crippen molar-refractivity contribution < 1.29 is 38.2 Å². The van der Waals surface area contributed by atoms with Crippen molar-refractivity contribution in [3.8, 4) is 0 Å². The van der Waals surface area contributed by atoms with Crippen LogP contribution in [0.2, 0.25) is 0 Å². The Labute approximate surface area is 167 Å². The normalized spacial score (nSPS) is 12.3. The average molecular weight is 408 g/mol. The van der Waals surface area contributed by atoms with Gasteiger partial charge in [-0.15, -0.1) is 0 Å². The van der Waals surface area contributed by atoms with Crippen molar-refractivity contribution >= 4 is 35.4 Å². The maximum atomic E-state index is 12.6. The van der Waals surface area contributed by atoms with E-state index >= 15 is 0 Å². The average Bonchev–Trinajstić information content (AvgIpc) is 2.70. The van der Waals surface area contributed by atoms with Crippen LogP contribution in [0.25, 0.3) is 0 Å². The van der Waals surface area contributed by atoms with Gasteiger partial charge in [-0.1, -0.05) is 6.92 Å². The minimum atomic E-state index is -1.45. The monoisotopic (exact) mass is 408 g/mol. The zero-order valence-corrected chi connectivity index (χ0v) is 16.8. The van der Waals surface area contributed by atoms with Crippen LogP contribution >= 0.6 is 0 Å². The highest BCUT2D eigenvalue weighted by atomic mass is 16.5. The quantitative estimate of drug-likeness (QED) is 0.361. The van der Waals surface area contributed by atoms with E-state index < -0.39 is 41.7 Å². The molecule has 0 unspecified atom stereocenters. The van der Waals surface area contributed by atoms with Crippen LogP contribution in [0.1, 0.15) is 24.2 Å². The van der Waals surface area contributed by atoms with E-state index in [0.717, 1.165) is 21.3 Å². The molecule has 0 saturated carbocycles. The van der Waals surface area contributed by atoms with Crippen molar-refractivity contribution in [2.45, 2.75) is 19.9 Å². The van der Waals surface area contributed by atoms with Crippen LogP contribution < -0.4 is 10.6 Å². The molecule has 0 heterocycles. The summed E-state index contributed by atoms with van der Waals surface area (Å²) in [4.78, 5) is 59.9. The number of carbonyl (C=O) groups excluding carboxylic acids is 5. The number of benzene rings is 1. The molecule has 0 bridgehead atoms. The van der Waals surface area contributed by atoms with Crippen molar-refractivity contribution in [1.29, 1.82) is 0 Å². The zero-order valence-electron chi connectivity index (χ0n) is 16.8. The van der Waals surface area contributed by atoms with Crippen LogP contribution in [0.4, 0.5) is 5.69 Å². The summed E-state index contributed by atoms with van der Waals surface area (Å²) in [5.74, 6) is -6.05. The number of anilines is 1. The van der Waals surface area contributed by atoms with E-state index in [4.69, 9.17) is 4.74 Å². The molecule has 2 amide bonds. The first kappa shape index (κ1) is 23.6. The van der Waals surface area contributed by atoms with Crippen LogP contribution in [-0.2, 0) is 33.4 Å². The SMILES string of the molecule is COC(=O)C(C(=O)OC)[C@H](C)[C@@H](NC(=O)c1ccc(NC(C)=O)cc1)C(=O)OC. The van der Waals surface area contributed by atoms with Crippen LogP contribution in [0.3, 0.4) is 0 Å². The van der Waals surface area contributed by atoms with Crippen LogP contribution in [0, 0.1) is 11.8 Å². The predicted molar refractivity (Wildman–Crippen MR) is 101 cm³/mol. The van der Waals surface area contributed by atoms with Gasteiger partial charge >= 0.3 is 17.9 Å². The van der Waals surface area contributed by atoms with E-state index in [2.05, 4.69) is 20.1 Å². The summed E-state index contributed by atoms with van der Waals surface area (Å²) in [6.45, 7) is 2.77. The van der Waals surface area contributed by atoms with Crippen molar-refractivity contribution in [1.82, 2.24) is 5.32 Å². The van der Waals surface area contributed by atoms with Crippen molar-refractivity contribution in [2.75, 3.05) is 26.6 Å². The second-order valence-corrected chi connectivity index (χ2v) is 6.12. The zero-order chi connectivity index (χ0) is 22.1. The molecule has 0 spiro atoms. The Kier molecular flexibility index (Phi) is 8.78. The van der Waals surface area contributed by atoms with Gasteiger partial charge in [0.05, 0.1) is 21.3 Å². The van der Waals surface area contributed by atoms with Crippen molar-refractivity contribution in [3.05, 3.63) is 29.8 Å². The van der Waals surface area contributed by atoms with Crippen molar-refractivity contribution in [3.63, 3.8) is 0 Å². The molecule has 0 aliphatic carbocycles. The number of hydrogen-bond donors (Lipinski definition) is 2. The van der Waals surface area contributed by atoms with Gasteiger partial charge in [-0.2, -0.15) is 0 Å². The Morgan fingerprint density at radius 1 is 0.828 bits per heavy atom. The van der Waals surface area contributed by atoms with Crippen LogP contribution in [-0.4, -0.2) is 57.1 Å². The lowest BCUT2D eigenvalue weighted by atomic mass is 9.87. The molecule has 0 aliphatic rings. The smallest absolute Gasteiger partial charge is 0.328 e. The molecule has 1 aromatic rings. The third-order valence-electron chi connectivity index (χ3n) is 4.17. The third kappa shape index (κ3) is 6.30. The fourth-order valence-electron chi connectivity index (χ4n) is 2.64. The maximum absolute atomic E-state index is 12.6. The molecule has 1 aromatic carbocycles. The molecule has 10 nitrogen and oxygen atoms in total. The highest BCUT2D eigenvalue weighted by Gasteiger charge is 2.42. The highest BCUT2D eigenvalue weighted by molar-refractivity contribution is 5.99. The first-order chi connectivity index (χ1) is 13.7. The minimum Gasteiger partial charge on any atom is -0.468 e. The minimum absolute atomic E-state index is 0.188. The molecular formula is C19H24N2O8. The van der Waals surface area contributed by atoms with Crippen LogP contribution in [0.15, 0.2) is 24.3 Å². The first-order valence-electron chi connectivity index (χ1n) is 8.58. The Balaban J connectivity index is 3.10. The molecule has 2 atom stereocenters. The second kappa shape index (κ2) is 10.8. The van der Waals surface area contributed by atoms with Crippen LogP contribution in [0.5, 0.6) is 0 Å². The number of ether oxygens (including phenoxy) is 3. The Morgan fingerprint density at radius 2 is 1.31 bits per heavy atom. The van der Waals surface area contributed by atoms with E-state index in [9.17, 15) is 24.0 Å². The summed E-state index contributed by atoms with van der Waals surface area (Å²) in [6, 6.07) is 4.58. The largest absolute Gasteiger partial charge is 0.468 e. The molecule has 0 aliphatic heterocycles. The lowest BCUT2D eigenvalue weighted by Gasteiger charge is -2.27. The van der Waals surface area contributed by atoms with Gasteiger partial charge in [-0.3, -0.25) is 19.2 Å². The predicted octanol–water partition coefficient (Wildman–Crippen LogP) is 0.515. The summed E-state index contributed by atoms with van der Waals surface area (Å²) < 4.78 is 13.9. The van der Waals surface area contributed by atoms with Gasteiger partial charge in [0.2, 0.25) is 5.91 Å². The fourth-order valence-corrected chi connectivity index (χ4v) is 2.64. The summed E-state index contributed by atoms with van der Waals surface area (Å²) in [5.41, 5.74) is 0.677. The topological polar surface area (TPSA) is 137 Å². The van der Waals surface area contributed by atoms with Gasteiger partial charge < -0.3 is 24.8 Å². The van der Waals surface area contributed by atoms with Gasteiger partial charge in [0, 0.05) is 24.1 Å². The number of amides is 2. The molecular weight excluding hydrogens is 384 g/mol. The Bertz CT molecular complexity index is 759. The van der Waals surface area contributed by atoms with Gasteiger partial charge in [0.1, 0.15) is 6.04 Å². The first-order valence-corrected chi connectivity index (χ1v) is 8.58. The number of nitrogens with one attached hydrogen (secondary N) is 2. The number of methoxy groups -OCH3 is 3. The number of hydrogen-bond acceptors (Lipinski definition) is 8. The highest BCUT2D eigenvalue weighted by Crippen LogP contribution is 2.21. The summed E-state index contributed by atoms with van der Waals surface area (Å²) >= 11 is 0. The second-order valence-electron chi connectivity index (χ2n) is 6.12. The lowest BCUT2D eigenvalue weighted by molar-refractivity contribution is -0.163. The lowest BCUT2D eigenvalue weighted by Crippen LogP contribution is -2.51.